The first kappa shape index (κ1) is 11.6. The monoisotopic (exact) mass is 263 g/mol. The van der Waals surface area contributed by atoms with Crippen LogP contribution in [0.15, 0.2) is 12.1 Å². The van der Waals surface area contributed by atoms with E-state index >= 15 is 0 Å². The molecule has 0 amide bonds. The van der Waals surface area contributed by atoms with Crippen LogP contribution >= 0.6 is 22.9 Å². The zero-order chi connectivity index (χ0) is 10.8. The smallest absolute Gasteiger partial charge is 0.0931 e. The number of hydrogen-bond acceptors (Lipinski definition) is 3. The Morgan fingerprint density at radius 3 is 3.07 bits per heavy atom. The van der Waals surface area contributed by atoms with Crippen molar-refractivity contribution < 1.29 is 4.21 Å². The van der Waals surface area contributed by atoms with Crippen LogP contribution in [-0.2, 0) is 10.8 Å². The summed E-state index contributed by atoms with van der Waals surface area (Å²) in [4.78, 5) is 1.20. The molecule has 0 aromatic carbocycles. The zero-order valence-corrected chi connectivity index (χ0v) is 10.9. The van der Waals surface area contributed by atoms with Crippen molar-refractivity contribution in [2.75, 3.05) is 12.3 Å². The zero-order valence-electron chi connectivity index (χ0n) is 8.53. The Balaban J connectivity index is 2.13. The fourth-order valence-electron chi connectivity index (χ4n) is 1.68. The molecule has 15 heavy (non-hydrogen) atoms. The van der Waals surface area contributed by atoms with E-state index in [-0.39, 0.29) is 6.04 Å². The molecule has 1 N–H and O–H groups in total. The van der Waals surface area contributed by atoms with Gasteiger partial charge < -0.3 is 5.32 Å². The van der Waals surface area contributed by atoms with Gasteiger partial charge in [-0.2, -0.15) is 0 Å². The van der Waals surface area contributed by atoms with Gasteiger partial charge in [0, 0.05) is 26.7 Å². The highest BCUT2D eigenvalue weighted by Gasteiger charge is 2.23. The van der Waals surface area contributed by atoms with Crippen molar-refractivity contribution in [1.29, 1.82) is 0 Å². The number of nitrogens with one attached hydrogen (secondary N) is 1. The summed E-state index contributed by atoms with van der Waals surface area (Å²) in [5, 5.41) is 3.73. The molecule has 0 saturated carbocycles. The molecule has 2 heterocycles. The van der Waals surface area contributed by atoms with Gasteiger partial charge in [-0.1, -0.05) is 18.5 Å². The van der Waals surface area contributed by atoms with Crippen LogP contribution in [0.5, 0.6) is 0 Å². The van der Waals surface area contributed by atoms with Crippen molar-refractivity contribution in [2.45, 2.75) is 24.6 Å². The number of rotatable bonds is 1. The van der Waals surface area contributed by atoms with Crippen molar-refractivity contribution in [3.63, 3.8) is 0 Å². The van der Waals surface area contributed by atoms with Crippen LogP contribution in [0, 0.1) is 0 Å². The van der Waals surface area contributed by atoms with Crippen molar-refractivity contribution in [3.05, 3.63) is 21.3 Å². The van der Waals surface area contributed by atoms with Crippen molar-refractivity contribution in [2.24, 2.45) is 0 Å². The van der Waals surface area contributed by atoms with E-state index in [1.807, 2.05) is 12.1 Å². The second-order valence-electron chi connectivity index (χ2n) is 3.80. The van der Waals surface area contributed by atoms with Gasteiger partial charge in [0.05, 0.1) is 10.4 Å². The van der Waals surface area contributed by atoms with E-state index in [4.69, 9.17) is 11.6 Å². The average molecular weight is 264 g/mol. The molecule has 1 fully saturated rings. The SMILES string of the molecule is CC1CCNC(c2ccc(Cl)s2)CS1=O. The van der Waals surface area contributed by atoms with Gasteiger partial charge in [-0.3, -0.25) is 4.21 Å². The average Bonchev–Trinajstić information content (AvgIpc) is 2.55. The first-order valence-electron chi connectivity index (χ1n) is 5.02. The van der Waals surface area contributed by atoms with Crippen LogP contribution in [0.3, 0.4) is 0 Å². The van der Waals surface area contributed by atoms with Gasteiger partial charge in [0.2, 0.25) is 0 Å². The van der Waals surface area contributed by atoms with Gasteiger partial charge in [-0.15, -0.1) is 11.3 Å². The molecule has 1 aliphatic rings. The third kappa shape index (κ3) is 2.81. The van der Waals surface area contributed by atoms with E-state index in [0.29, 0.717) is 11.0 Å². The number of hydrogen-bond donors (Lipinski definition) is 1. The third-order valence-corrected chi connectivity index (χ3v) is 5.80. The molecule has 0 aliphatic carbocycles. The Bertz CT molecular complexity index is 366. The predicted molar refractivity (Wildman–Crippen MR) is 67.2 cm³/mol. The maximum Gasteiger partial charge on any atom is 0.0931 e. The molecule has 1 aliphatic heterocycles. The Labute approximate surface area is 101 Å². The second kappa shape index (κ2) is 4.95. The highest BCUT2D eigenvalue weighted by molar-refractivity contribution is 7.85. The number of thiophene rings is 1. The summed E-state index contributed by atoms with van der Waals surface area (Å²) in [6.07, 6.45) is 0.988. The molecule has 0 radical (unpaired) electrons. The lowest BCUT2D eigenvalue weighted by Crippen LogP contribution is -2.22. The normalized spacial score (nSPS) is 32.5. The van der Waals surface area contributed by atoms with Crippen LogP contribution in [0.4, 0.5) is 0 Å². The van der Waals surface area contributed by atoms with Gasteiger partial charge in [-0.05, 0) is 25.1 Å². The summed E-state index contributed by atoms with van der Waals surface area (Å²) in [7, 11) is -0.723. The van der Waals surface area contributed by atoms with Gasteiger partial charge in [0.1, 0.15) is 0 Å². The van der Waals surface area contributed by atoms with E-state index in [0.717, 1.165) is 17.3 Å². The maximum atomic E-state index is 11.8. The molecular formula is C10H14ClNOS2. The minimum absolute atomic E-state index is 0.216. The summed E-state index contributed by atoms with van der Waals surface area (Å²) in [5.41, 5.74) is 0. The lowest BCUT2D eigenvalue weighted by atomic mass is 10.2. The molecule has 0 spiro atoms. The Hall–Kier alpha value is 0.1000. The molecule has 1 aromatic heterocycles. The van der Waals surface area contributed by atoms with Crippen LogP contribution in [0.1, 0.15) is 24.3 Å². The number of halogens is 1. The fourth-order valence-corrected chi connectivity index (χ4v) is 4.26. The maximum absolute atomic E-state index is 11.8. The van der Waals surface area contributed by atoms with Crippen molar-refractivity contribution in [3.8, 4) is 0 Å². The van der Waals surface area contributed by atoms with Crippen LogP contribution < -0.4 is 5.32 Å². The minimum atomic E-state index is -0.723. The van der Waals surface area contributed by atoms with E-state index in [1.54, 1.807) is 11.3 Å². The topological polar surface area (TPSA) is 29.1 Å². The quantitative estimate of drug-likeness (QED) is 0.844. The summed E-state index contributed by atoms with van der Waals surface area (Å²) in [6, 6.07) is 4.14. The summed E-state index contributed by atoms with van der Waals surface area (Å²) >= 11 is 7.48. The molecule has 1 saturated heterocycles. The predicted octanol–water partition coefficient (Wildman–Crippen LogP) is 2.57. The lowest BCUT2D eigenvalue weighted by molar-refractivity contribution is 0.585. The summed E-state index contributed by atoms with van der Waals surface area (Å²) in [5.74, 6) is 0.706. The molecule has 5 heteroatoms. The van der Waals surface area contributed by atoms with E-state index < -0.39 is 10.8 Å². The molecule has 1 aromatic rings. The molecule has 84 valence electrons. The van der Waals surface area contributed by atoms with Crippen LogP contribution in [0.25, 0.3) is 0 Å². The first-order chi connectivity index (χ1) is 7.16. The van der Waals surface area contributed by atoms with E-state index in [9.17, 15) is 4.21 Å². The van der Waals surface area contributed by atoms with Crippen LogP contribution in [-0.4, -0.2) is 21.8 Å². The van der Waals surface area contributed by atoms with Crippen molar-refractivity contribution >= 4 is 33.7 Å². The minimum Gasteiger partial charge on any atom is -0.308 e. The Morgan fingerprint density at radius 2 is 2.40 bits per heavy atom. The van der Waals surface area contributed by atoms with E-state index in [1.165, 1.54) is 4.88 Å². The van der Waals surface area contributed by atoms with Gasteiger partial charge >= 0.3 is 0 Å². The fraction of sp³-hybridized carbons (Fsp3) is 0.600. The van der Waals surface area contributed by atoms with Gasteiger partial charge in [0.15, 0.2) is 0 Å². The summed E-state index contributed by atoms with van der Waals surface area (Å²) in [6.45, 7) is 2.99. The van der Waals surface area contributed by atoms with Gasteiger partial charge in [0.25, 0.3) is 0 Å². The lowest BCUT2D eigenvalue weighted by Gasteiger charge is -2.12. The largest absolute Gasteiger partial charge is 0.308 e. The van der Waals surface area contributed by atoms with Gasteiger partial charge in [-0.25, -0.2) is 0 Å². The molecule has 0 bridgehead atoms. The second-order valence-corrected chi connectivity index (χ2v) is 7.44. The molecule has 3 unspecified atom stereocenters. The Morgan fingerprint density at radius 1 is 1.60 bits per heavy atom. The van der Waals surface area contributed by atoms with Crippen LogP contribution in [0.2, 0.25) is 4.34 Å². The molecule has 2 nitrogen and oxygen atoms in total. The third-order valence-electron chi connectivity index (χ3n) is 2.66. The Kier molecular flexibility index (Phi) is 3.83. The highest BCUT2D eigenvalue weighted by Crippen LogP contribution is 2.29. The van der Waals surface area contributed by atoms with Crippen molar-refractivity contribution in [1.82, 2.24) is 5.32 Å². The highest BCUT2D eigenvalue weighted by atomic mass is 35.5. The molecule has 3 atom stereocenters. The molecule has 2 rings (SSSR count). The van der Waals surface area contributed by atoms with E-state index in [2.05, 4.69) is 12.2 Å². The standard InChI is InChI=1S/C10H14ClNOS2/c1-7-4-5-12-8(6-15(7)13)9-2-3-10(11)14-9/h2-3,7-8,12H,4-6H2,1H3. The summed E-state index contributed by atoms with van der Waals surface area (Å²) < 4.78 is 12.6. The first-order valence-corrected chi connectivity index (χ1v) is 7.60. The molecular weight excluding hydrogens is 250 g/mol.